The molecule has 1 aromatic carbocycles. The van der Waals surface area contributed by atoms with Crippen LogP contribution in [0.3, 0.4) is 0 Å². The summed E-state index contributed by atoms with van der Waals surface area (Å²) in [5, 5.41) is 13.1. The van der Waals surface area contributed by atoms with E-state index < -0.39 is 11.6 Å². The number of halogens is 2. The molecule has 0 spiro atoms. The minimum absolute atomic E-state index is 0.241. The molecule has 0 radical (unpaired) electrons. The predicted octanol–water partition coefficient (Wildman–Crippen LogP) is 2.56. The molecule has 1 N–H and O–H groups in total. The smallest absolute Gasteiger partial charge is 0.221 e. The first-order chi connectivity index (χ1) is 12.1. The second-order valence-corrected chi connectivity index (χ2v) is 5.27. The molecule has 25 heavy (non-hydrogen) atoms. The van der Waals surface area contributed by atoms with Crippen molar-refractivity contribution in [3.05, 3.63) is 59.8 Å². The predicted molar refractivity (Wildman–Crippen MR) is 85.8 cm³/mol. The van der Waals surface area contributed by atoms with Gasteiger partial charge in [0.05, 0.1) is 13.2 Å². The number of ether oxygens (including phenoxy) is 1. The number of nitrogens with zero attached hydrogens (tertiary/aromatic N) is 4. The van der Waals surface area contributed by atoms with Crippen molar-refractivity contribution in [3.63, 3.8) is 0 Å². The van der Waals surface area contributed by atoms with E-state index in [2.05, 4.69) is 15.1 Å². The molecule has 6 nitrogen and oxygen atoms in total. The van der Waals surface area contributed by atoms with Gasteiger partial charge in [0, 0.05) is 11.8 Å². The summed E-state index contributed by atoms with van der Waals surface area (Å²) < 4.78 is 33.8. The highest BCUT2D eigenvalue weighted by atomic mass is 19.2. The van der Waals surface area contributed by atoms with E-state index >= 15 is 0 Å². The molecule has 0 unspecified atom stereocenters. The lowest BCUT2D eigenvalue weighted by Gasteiger charge is -2.11. The van der Waals surface area contributed by atoms with Gasteiger partial charge in [-0.1, -0.05) is 6.07 Å². The van der Waals surface area contributed by atoms with Gasteiger partial charge in [0.2, 0.25) is 5.88 Å². The van der Waals surface area contributed by atoms with Gasteiger partial charge >= 0.3 is 0 Å². The zero-order valence-electron chi connectivity index (χ0n) is 13.5. The minimum atomic E-state index is -0.936. The van der Waals surface area contributed by atoms with E-state index in [0.717, 1.165) is 17.7 Å². The molecule has 0 aliphatic carbocycles. The molecular formula is C17H16F2N4O2. The van der Waals surface area contributed by atoms with Gasteiger partial charge in [-0.3, -0.25) is 0 Å². The number of hydrogen-bond donors (Lipinski definition) is 1. The number of aliphatic hydroxyl groups is 1. The van der Waals surface area contributed by atoms with Gasteiger partial charge in [0.25, 0.3) is 0 Å². The maximum absolute atomic E-state index is 13.6. The summed E-state index contributed by atoms with van der Waals surface area (Å²) in [5.41, 5.74) is 1.80. The number of rotatable bonds is 6. The quantitative estimate of drug-likeness (QED) is 0.743. The number of hydrogen-bond acceptors (Lipinski definition) is 5. The molecule has 0 saturated carbocycles. The van der Waals surface area contributed by atoms with E-state index in [1.807, 2.05) is 6.92 Å². The van der Waals surface area contributed by atoms with E-state index in [9.17, 15) is 8.78 Å². The average molecular weight is 346 g/mol. The fraction of sp³-hybridized carbons (Fsp3) is 0.235. The summed E-state index contributed by atoms with van der Waals surface area (Å²) in [6.07, 6.45) is 3.12. The Hall–Kier alpha value is -2.87. The fourth-order valence-electron chi connectivity index (χ4n) is 2.37. The van der Waals surface area contributed by atoms with Crippen LogP contribution >= 0.6 is 0 Å². The van der Waals surface area contributed by atoms with Crippen LogP contribution in [0, 0.1) is 11.6 Å². The van der Waals surface area contributed by atoms with E-state index in [1.165, 1.54) is 12.4 Å². The van der Waals surface area contributed by atoms with Crippen LogP contribution in [0.1, 0.15) is 18.3 Å². The molecule has 0 saturated heterocycles. The van der Waals surface area contributed by atoms with Crippen LogP contribution in [0.2, 0.25) is 0 Å². The second-order valence-electron chi connectivity index (χ2n) is 5.27. The molecule has 2 aromatic heterocycles. The monoisotopic (exact) mass is 346 g/mol. The first-order valence-corrected chi connectivity index (χ1v) is 7.67. The highest BCUT2D eigenvalue weighted by molar-refractivity contribution is 5.69. The third-order valence-corrected chi connectivity index (χ3v) is 3.49. The molecule has 130 valence electrons. The van der Waals surface area contributed by atoms with Crippen LogP contribution in [0.4, 0.5) is 8.78 Å². The van der Waals surface area contributed by atoms with Gasteiger partial charge in [-0.05, 0) is 36.2 Å². The topological polar surface area (TPSA) is 73.1 Å². The van der Waals surface area contributed by atoms with Crippen LogP contribution in [0.25, 0.3) is 11.1 Å². The zero-order chi connectivity index (χ0) is 17.8. The average Bonchev–Trinajstić information content (AvgIpc) is 3.06. The molecule has 0 amide bonds. The lowest BCUT2D eigenvalue weighted by molar-refractivity contribution is 0.271. The molecule has 0 aliphatic heterocycles. The summed E-state index contributed by atoms with van der Waals surface area (Å²) in [6.45, 7) is 2.33. The van der Waals surface area contributed by atoms with Crippen molar-refractivity contribution >= 4 is 0 Å². The van der Waals surface area contributed by atoms with E-state index in [0.29, 0.717) is 36.0 Å². The summed E-state index contributed by atoms with van der Waals surface area (Å²) >= 11 is 0. The van der Waals surface area contributed by atoms with Crippen LogP contribution in [-0.2, 0) is 13.2 Å². The number of pyridine rings is 1. The third kappa shape index (κ3) is 3.80. The molecule has 3 aromatic rings. The number of aliphatic hydroxyl groups excluding tert-OH is 1. The first-order valence-electron chi connectivity index (χ1n) is 7.67. The zero-order valence-corrected chi connectivity index (χ0v) is 13.5. The standard InChI is InChI=1S/C17H16F2N4O2/c1-2-25-17-13(12-3-4-14(18)15(19)6-12)5-11(7-20-17)8-23-10-21-16(9-24)22-23/h3-7,10,24H,2,8-9H2,1H3. The largest absolute Gasteiger partial charge is 0.478 e. The highest BCUT2D eigenvalue weighted by Crippen LogP contribution is 2.30. The van der Waals surface area contributed by atoms with Gasteiger partial charge in [0.15, 0.2) is 17.5 Å². The normalized spacial score (nSPS) is 10.9. The van der Waals surface area contributed by atoms with Crippen molar-refractivity contribution in [2.75, 3.05) is 6.61 Å². The number of benzene rings is 1. The van der Waals surface area contributed by atoms with Crippen LogP contribution < -0.4 is 4.74 Å². The summed E-state index contributed by atoms with van der Waals surface area (Å²) in [5.74, 6) is -1.19. The van der Waals surface area contributed by atoms with Crippen LogP contribution in [0.5, 0.6) is 5.88 Å². The second kappa shape index (κ2) is 7.35. The SMILES string of the molecule is CCOc1ncc(Cn2cnc(CO)n2)cc1-c1ccc(F)c(F)c1. The van der Waals surface area contributed by atoms with Crippen molar-refractivity contribution in [1.82, 2.24) is 19.7 Å². The van der Waals surface area contributed by atoms with Gasteiger partial charge in [-0.15, -0.1) is 0 Å². The Labute approximate surface area is 142 Å². The van der Waals surface area contributed by atoms with Gasteiger partial charge in [0.1, 0.15) is 12.9 Å². The molecule has 0 atom stereocenters. The van der Waals surface area contributed by atoms with E-state index in [1.54, 1.807) is 16.9 Å². The van der Waals surface area contributed by atoms with Gasteiger partial charge < -0.3 is 9.84 Å². The Kier molecular flexibility index (Phi) is 4.99. The maximum atomic E-state index is 13.6. The third-order valence-electron chi connectivity index (χ3n) is 3.49. The lowest BCUT2D eigenvalue weighted by Crippen LogP contribution is -2.04. The Morgan fingerprint density at radius 2 is 2.00 bits per heavy atom. The molecular weight excluding hydrogens is 330 g/mol. The minimum Gasteiger partial charge on any atom is -0.478 e. The molecule has 2 heterocycles. The van der Waals surface area contributed by atoms with Crippen molar-refractivity contribution in [1.29, 1.82) is 0 Å². The Morgan fingerprint density at radius 1 is 1.16 bits per heavy atom. The molecule has 0 aliphatic rings. The van der Waals surface area contributed by atoms with Gasteiger partial charge in [-0.25, -0.2) is 23.4 Å². The van der Waals surface area contributed by atoms with Gasteiger partial charge in [-0.2, -0.15) is 5.10 Å². The Bertz CT molecular complexity index is 883. The summed E-state index contributed by atoms with van der Waals surface area (Å²) in [7, 11) is 0. The van der Waals surface area contributed by atoms with Crippen molar-refractivity contribution < 1.29 is 18.6 Å². The summed E-state index contributed by atoms with van der Waals surface area (Å²) in [4.78, 5) is 8.22. The molecule has 8 heteroatoms. The first kappa shape index (κ1) is 17.0. The van der Waals surface area contributed by atoms with Crippen molar-refractivity contribution in [3.8, 4) is 17.0 Å². The molecule has 3 rings (SSSR count). The van der Waals surface area contributed by atoms with E-state index in [4.69, 9.17) is 9.84 Å². The number of aromatic nitrogens is 4. The Balaban J connectivity index is 1.97. The Morgan fingerprint density at radius 3 is 2.68 bits per heavy atom. The van der Waals surface area contributed by atoms with Crippen molar-refractivity contribution in [2.45, 2.75) is 20.1 Å². The maximum Gasteiger partial charge on any atom is 0.221 e. The summed E-state index contributed by atoms with van der Waals surface area (Å²) in [6, 6.07) is 5.43. The van der Waals surface area contributed by atoms with E-state index in [-0.39, 0.29) is 6.61 Å². The fourth-order valence-corrected chi connectivity index (χ4v) is 2.37. The molecule has 0 fully saturated rings. The molecule has 0 bridgehead atoms. The van der Waals surface area contributed by atoms with Crippen molar-refractivity contribution in [2.24, 2.45) is 0 Å². The highest BCUT2D eigenvalue weighted by Gasteiger charge is 2.13. The van der Waals surface area contributed by atoms with Crippen LogP contribution in [-0.4, -0.2) is 31.5 Å². The van der Waals surface area contributed by atoms with Crippen LogP contribution in [0.15, 0.2) is 36.8 Å². The lowest BCUT2D eigenvalue weighted by atomic mass is 10.0.